The van der Waals surface area contributed by atoms with E-state index in [0.717, 1.165) is 12.8 Å². The van der Waals surface area contributed by atoms with Crippen LogP contribution in [0.25, 0.3) is 6.08 Å². The number of nitrogens with zero attached hydrogens (tertiary/aromatic N) is 1. The first-order valence-electron chi connectivity index (χ1n) is 8.41. The molecule has 0 heterocycles. The van der Waals surface area contributed by atoms with E-state index < -0.39 is 4.92 Å². The van der Waals surface area contributed by atoms with Crippen molar-refractivity contribution in [2.45, 2.75) is 18.9 Å². The summed E-state index contributed by atoms with van der Waals surface area (Å²) >= 11 is 0. The average molecular weight is 366 g/mol. The molecule has 2 aromatic carbocycles. The molecular formula is C19H18N4O4. The molecule has 0 aromatic heterocycles. The zero-order valence-corrected chi connectivity index (χ0v) is 14.3. The number of anilines is 2. The quantitative estimate of drug-likeness (QED) is 0.412. The summed E-state index contributed by atoms with van der Waals surface area (Å²) in [5, 5.41) is 19.0. The van der Waals surface area contributed by atoms with Crippen molar-refractivity contribution < 1.29 is 14.5 Å². The van der Waals surface area contributed by atoms with Crippen LogP contribution >= 0.6 is 0 Å². The highest BCUT2D eigenvalue weighted by Crippen LogP contribution is 2.19. The van der Waals surface area contributed by atoms with Crippen LogP contribution in [0.4, 0.5) is 21.9 Å². The zero-order chi connectivity index (χ0) is 19.2. The Labute approximate surface area is 155 Å². The van der Waals surface area contributed by atoms with Gasteiger partial charge in [-0.2, -0.15) is 0 Å². The van der Waals surface area contributed by atoms with E-state index in [1.807, 2.05) is 0 Å². The summed E-state index contributed by atoms with van der Waals surface area (Å²) in [6, 6.07) is 12.8. The van der Waals surface area contributed by atoms with Crippen LogP contribution in [0, 0.1) is 10.1 Å². The fourth-order valence-electron chi connectivity index (χ4n) is 2.32. The predicted octanol–water partition coefficient (Wildman–Crippen LogP) is 3.53. The van der Waals surface area contributed by atoms with E-state index in [1.165, 1.54) is 24.3 Å². The van der Waals surface area contributed by atoms with E-state index in [-0.39, 0.29) is 23.7 Å². The van der Waals surface area contributed by atoms with Gasteiger partial charge < -0.3 is 16.0 Å². The molecule has 3 amide bonds. The van der Waals surface area contributed by atoms with Crippen LogP contribution in [0.15, 0.2) is 54.6 Å². The van der Waals surface area contributed by atoms with Crippen molar-refractivity contribution in [1.82, 2.24) is 5.32 Å². The van der Waals surface area contributed by atoms with Crippen LogP contribution in [0.3, 0.4) is 0 Å². The molecule has 3 rings (SSSR count). The summed E-state index contributed by atoms with van der Waals surface area (Å²) in [4.78, 5) is 33.9. The monoisotopic (exact) mass is 366 g/mol. The molecule has 1 fully saturated rings. The van der Waals surface area contributed by atoms with E-state index in [9.17, 15) is 19.7 Å². The summed E-state index contributed by atoms with van der Waals surface area (Å²) in [7, 11) is 0. The number of hydrogen-bond donors (Lipinski definition) is 3. The van der Waals surface area contributed by atoms with Crippen LogP contribution in [0.1, 0.15) is 18.4 Å². The molecule has 8 heteroatoms. The number of carbonyl (C=O) groups is 2. The van der Waals surface area contributed by atoms with Crippen molar-refractivity contribution in [3.63, 3.8) is 0 Å². The SMILES string of the molecule is O=C(/C=C/c1cccc([N+](=O)[O-])c1)Nc1ccc(NC(=O)NC2CC2)cc1. The van der Waals surface area contributed by atoms with Gasteiger partial charge in [0.05, 0.1) is 4.92 Å². The van der Waals surface area contributed by atoms with Gasteiger partial charge in [0.1, 0.15) is 0 Å². The smallest absolute Gasteiger partial charge is 0.319 e. The van der Waals surface area contributed by atoms with Crippen molar-refractivity contribution in [1.29, 1.82) is 0 Å². The maximum atomic E-state index is 12.0. The molecule has 0 bridgehead atoms. The third-order valence-corrected chi connectivity index (χ3v) is 3.83. The van der Waals surface area contributed by atoms with Gasteiger partial charge in [-0.05, 0) is 48.7 Å². The van der Waals surface area contributed by atoms with Crippen molar-refractivity contribution in [3.05, 3.63) is 70.3 Å². The summed E-state index contributed by atoms with van der Waals surface area (Å²) in [6.45, 7) is 0. The minimum Gasteiger partial charge on any atom is -0.335 e. The van der Waals surface area contributed by atoms with Gasteiger partial charge in [0.25, 0.3) is 5.69 Å². The first-order chi connectivity index (χ1) is 13.0. The molecule has 27 heavy (non-hydrogen) atoms. The molecular weight excluding hydrogens is 348 g/mol. The van der Waals surface area contributed by atoms with E-state index in [2.05, 4.69) is 16.0 Å². The van der Waals surface area contributed by atoms with Crippen LogP contribution < -0.4 is 16.0 Å². The topological polar surface area (TPSA) is 113 Å². The highest BCUT2D eigenvalue weighted by Gasteiger charge is 2.23. The van der Waals surface area contributed by atoms with E-state index >= 15 is 0 Å². The van der Waals surface area contributed by atoms with Crippen molar-refractivity contribution in [3.8, 4) is 0 Å². The first-order valence-corrected chi connectivity index (χ1v) is 8.41. The molecule has 1 aliphatic rings. The Kier molecular flexibility index (Phi) is 5.46. The summed E-state index contributed by atoms with van der Waals surface area (Å²) in [5.41, 5.74) is 1.71. The van der Waals surface area contributed by atoms with Gasteiger partial charge in [-0.3, -0.25) is 14.9 Å². The molecule has 1 saturated carbocycles. The second-order valence-corrected chi connectivity index (χ2v) is 6.12. The highest BCUT2D eigenvalue weighted by molar-refractivity contribution is 6.02. The van der Waals surface area contributed by atoms with Gasteiger partial charge in [0.2, 0.25) is 5.91 Å². The third-order valence-electron chi connectivity index (χ3n) is 3.83. The third kappa shape index (κ3) is 5.67. The number of hydrogen-bond acceptors (Lipinski definition) is 4. The number of amides is 3. The lowest BCUT2D eigenvalue weighted by atomic mass is 10.2. The Balaban J connectivity index is 1.53. The minimum absolute atomic E-state index is 0.0358. The lowest BCUT2D eigenvalue weighted by Crippen LogP contribution is -2.30. The average Bonchev–Trinajstić information content (AvgIpc) is 3.46. The fraction of sp³-hybridized carbons (Fsp3) is 0.158. The fourth-order valence-corrected chi connectivity index (χ4v) is 2.32. The van der Waals surface area contributed by atoms with Gasteiger partial charge >= 0.3 is 6.03 Å². The van der Waals surface area contributed by atoms with Crippen LogP contribution in [-0.4, -0.2) is 22.9 Å². The molecule has 0 saturated heterocycles. The molecule has 0 spiro atoms. The highest BCUT2D eigenvalue weighted by atomic mass is 16.6. The van der Waals surface area contributed by atoms with E-state index in [0.29, 0.717) is 16.9 Å². The second kappa shape index (κ2) is 8.13. The van der Waals surface area contributed by atoms with Gasteiger partial charge in [-0.25, -0.2) is 4.79 Å². The van der Waals surface area contributed by atoms with Gasteiger partial charge in [-0.1, -0.05) is 12.1 Å². The number of nitro groups is 1. The van der Waals surface area contributed by atoms with Gasteiger partial charge in [-0.15, -0.1) is 0 Å². The standard InChI is InChI=1S/C19H18N4O4/c24-18(11-4-13-2-1-3-17(12-13)23(26)27)20-14-5-7-15(8-6-14)21-19(25)22-16-9-10-16/h1-8,11-12,16H,9-10H2,(H,20,24)(H2,21,22,25)/b11-4+. The van der Waals surface area contributed by atoms with Crippen molar-refractivity contribution >= 4 is 35.1 Å². The number of urea groups is 1. The lowest BCUT2D eigenvalue weighted by molar-refractivity contribution is -0.384. The van der Waals surface area contributed by atoms with Crippen molar-refractivity contribution in [2.24, 2.45) is 0 Å². The van der Waals surface area contributed by atoms with Crippen molar-refractivity contribution in [2.75, 3.05) is 10.6 Å². The maximum absolute atomic E-state index is 12.0. The van der Waals surface area contributed by atoms with Gasteiger partial charge in [0, 0.05) is 35.6 Å². The number of non-ortho nitro benzene ring substituents is 1. The summed E-state index contributed by atoms with van der Waals surface area (Å²) in [6.07, 6.45) is 4.83. The summed E-state index contributed by atoms with van der Waals surface area (Å²) in [5.74, 6) is -0.367. The Bertz CT molecular complexity index is 889. The molecule has 0 aliphatic heterocycles. The number of rotatable bonds is 6. The molecule has 0 radical (unpaired) electrons. The zero-order valence-electron chi connectivity index (χ0n) is 14.3. The molecule has 2 aromatic rings. The predicted molar refractivity (Wildman–Crippen MR) is 102 cm³/mol. The van der Waals surface area contributed by atoms with E-state index in [1.54, 1.807) is 36.4 Å². The van der Waals surface area contributed by atoms with Crippen LogP contribution in [0.5, 0.6) is 0 Å². The Morgan fingerprint density at radius 1 is 1.04 bits per heavy atom. The van der Waals surface area contributed by atoms with Crippen LogP contribution in [-0.2, 0) is 4.79 Å². The molecule has 3 N–H and O–H groups in total. The Morgan fingerprint density at radius 3 is 2.33 bits per heavy atom. The lowest BCUT2D eigenvalue weighted by Gasteiger charge is -2.07. The number of benzene rings is 2. The second-order valence-electron chi connectivity index (χ2n) is 6.12. The number of nitro benzene ring substituents is 1. The summed E-state index contributed by atoms with van der Waals surface area (Å²) < 4.78 is 0. The molecule has 138 valence electrons. The van der Waals surface area contributed by atoms with Gasteiger partial charge in [0.15, 0.2) is 0 Å². The molecule has 0 atom stereocenters. The Morgan fingerprint density at radius 2 is 1.70 bits per heavy atom. The Hall–Kier alpha value is -3.68. The molecule has 8 nitrogen and oxygen atoms in total. The minimum atomic E-state index is -0.488. The van der Waals surface area contributed by atoms with E-state index in [4.69, 9.17) is 0 Å². The molecule has 0 unspecified atom stereocenters. The van der Waals surface area contributed by atoms with Crippen LogP contribution in [0.2, 0.25) is 0 Å². The maximum Gasteiger partial charge on any atom is 0.319 e. The first kappa shape index (κ1) is 18.1. The number of nitrogens with one attached hydrogen (secondary N) is 3. The normalized spacial score (nSPS) is 13.2. The largest absolute Gasteiger partial charge is 0.335 e. The molecule has 1 aliphatic carbocycles. The number of carbonyl (C=O) groups excluding carboxylic acids is 2.